The third-order valence-electron chi connectivity index (χ3n) is 5.58. The van der Waals surface area contributed by atoms with E-state index in [-0.39, 0.29) is 0 Å². The molecule has 4 nitrogen and oxygen atoms in total. The van der Waals surface area contributed by atoms with Gasteiger partial charge in [-0.15, -0.1) is 0 Å². The van der Waals surface area contributed by atoms with Crippen molar-refractivity contribution in [1.29, 1.82) is 0 Å². The fraction of sp³-hybridized carbons (Fsp3) is 0.409. The lowest BCUT2D eigenvalue weighted by atomic mass is 10.1. The maximum absolute atomic E-state index is 5.63. The Labute approximate surface area is 167 Å². The summed E-state index contributed by atoms with van der Waals surface area (Å²) in [4.78, 5) is 3.92. The van der Waals surface area contributed by atoms with Gasteiger partial charge in [-0.25, -0.2) is 0 Å². The van der Waals surface area contributed by atoms with E-state index in [9.17, 15) is 0 Å². The van der Waals surface area contributed by atoms with Crippen molar-refractivity contribution in [1.82, 2.24) is 4.90 Å². The van der Waals surface area contributed by atoms with Crippen LogP contribution in [0.5, 0.6) is 5.75 Å². The van der Waals surface area contributed by atoms with Gasteiger partial charge < -0.3 is 19.9 Å². The quantitative estimate of drug-likeness (QED) is 0.794. The molecule has 0 saturated carbocycles. The van der Waals surface area contributed by atoms with E-state index in [2.05, 4.69) is 59.6 Å². The second kappa shape index (κ2) is 8.28. The third-order valence-corrected chi connectivity index (χ3v) is 5.94. The molecule has 0 aromatic heterocycles. The normalized spacial score (nSPS) is 16.7. The molecular formula is C22H28N3OS+. The number of ether oxygens (including phenoxy) is 1. The van der Waals surface area contributed by atoms with Crippen LogP contribution in [0.2, 0.25) is 0 Å². The lowest BCUT2D eigenvalue weighted by Crippen LogP contribution is -3.13. The minimum absolute atomic E-state index is 0.829. The zero-order chi connectivity index (χ0) is 18.6. The first-order valence-electron chi connectivity index (χ1n) is 9.94. The van der Waals surface area contributed by atoms with Crippen LogP contribution in [0.4, 0.5) is 5.69 Å². The summed E-state index contributed by atoms with van der Waals surface area (Å²) in [7, 11) is 0. The summed E-state index contributed by atoms with van der Waals surface area (Å²) in [6.45, 7) is 8.32. The van der Waals surface area contributed by atoms with Crippen molar-refractivity contribution in [3.63, 3.8) is 0 Å². The van der Waals surface area contributed by atoms with Gasteiger partial charge in [0, 0.05) is 17.7 Å². The SMILES string of the molecule is CCc1ccc(NC(=S)N2CC[NH+](Cc3ccc4c(c3)CCO4)CC2)cc1. The van der Waals surface area contributed by atoms with E-state index in [1.54, 1.807) is 4.90 Å². The van der Waals surface area contributed by atoms with Crippen LogP contribution < -0.4 is 15.0 Å². The van der Waals surface area contributed by atoms with Crippen LogP contribution in [-0.2, 0) is 19.4 Å². The van der Waals surface area contributed by atoms with Crippen LogP contribution in [0.1, 0.15) is 23.6 Å². The molecule has 1 fully saturated rings. The molecule has 0 spiro atoms. The highest BCUT2D eigenvalue weighted by molar-refractivity contribution is 7.80. The maximum atomic E-state index is 5.63. The molecule has 142 valence electrons. The van der Waals surface area contributed by atoms with Gasteiger partial charge in [-0.3, -0.25) is 0 Å². The largest absolute Gasteiger partial charge is 0.493 e. The number of thiocarbonyl (C=S) groups is 1. The summed E-state index contributed by atoms with van der Waals surface area (Å²) in [6, 6.07) is 15.2. The molecule has 2 heterocycles. The van der Waals surface area contributed by atoms with Crippen molar-refractivity contribution in [2.75, 3.05) is 38.1 Å². The van der Waals surface area contributed by atoms with Crippen molar-refractivity contribution >= 4 is 23.0 Å². The fourth-order valence-corrected chi connectivity index (χ4v) is 4.17. The average Bonchev–Trinajstić information content (AvgIpc) is 3.17. The molecule has 2 aliphatic heterocycles. The molecule has 0 bridgehead atoms. The molecular weight excluding hydrogens is 354 g/mol. The minimum Gasteiger partial charge on any atom is -0.493 e. The highest BCUT2D eigenvalue weighted by atomic mass is 32.1. The number of hydrogen-bond acceptors (Lipinski definition) is 2. The van der Waals surface area contributed by atoms with Gasteiger partial charge in [-0.1, -0.05) is 19.1 Å². The topological polar surface area (TPSA) is 28.9 Å². The smallest absolute Gasteiger partial charge is 0.173 e. The van der Waals surface area contributed by atoms with Crippen LogP contribution >= 0.6 is 12.2 Å². The highest BCUT2D eigenvalue weighted by Gasteiger charge is 2.22. The van der Waals surface area contributed by atoms with Gasteiger partial charge in [-0.05, 0) is 60.1 Å². The number of quaternary nitrogens is 1. The molecule has 0 aliphatic carbocycles. The Hall–Kier alpha value is -2.11. The van der Waals surface area contributed by atoms with Gasteiger partial charge in [0.2, 0.25) is 0 Å². The van der Waals surface area contributed by atoms with Crippen molar-refractivity contribution in [3.8, 4) is 5.75 Å². The number of fused-ring (bicyclic) bond motifs is 1. The van der Waals surface area contributed by atoms with Crippen LogP contribution in [0.3, 0.4) is 0 Å². The van der Waals surface area contributed by atoms with E-state index in [1.165, 1.54) is 16.7 Å². The maximum Gasteiger partial charge on any atom is 0.173 e. The Kier molecular flexibility index (Phi) is 5.60. The van der Waals surface area contributed by atoms with Gasteiger partial charge in [0.15, 0.2) is 5.11 Å². The van der Waals surface area contributed by atoms with Crippen molar-refractivity contribution < 1.29 is 9.64 Å². The van der Waals surface area contributed by atoms with Gasteiger partial charge in [0.1, 0.15) is 12.3 Å². The summed E-state index contributed by atoms with van der Waals surface area (Å²) in [5.41, 5.74) is 5.21. The van der Waals surface area contributed by atoms with Crippen LogP contribution in [0.15, 0.2) is 42.5 Å². The Morgan fingerprint density at radius 2 is 1.85 bits per heavy atom. The number of nitrogens with one attached hydrogen (secondary N) is 2. The molecule has 2 aromatic rings. The number of aryl methyl sites for hydroxylation is 1. The average molecular weight is 383 g/mol. The summed E-state index contributed by atoms with van der Waals surface area (Å²) >= 11 is 5.63. The van der Waals surface area contributed by atoms with Crippen molar-refractivity contribution in [2.45, 2.75) is 26.3 Å². The molecule has 27 heavy (non-hydrogen) atoms. The number of rotatable bonds is 4. The molecule has 5 heteroatoms. The van der Waals surface area contributed by atoms with Crippen molar-refractivity contribution in [3.05, 3.63) is 59.2 Å². The molecule has 2 aromatic carbocycles. The second-order valence-electron chi connectivity index (χ2n) is 7.43. The molecule has 2 N–H and O–H groups in total. The number of hydrogen-bond donors (Lipinski definition) is 2. The number of benzene rings is 2. The van der Waals surface area contributed by atoms with E-state index in [1.807, 2.05) is 0 Å². The van der Waals surface area contributed by atoms with E-state index in [0.717, 1.165) is 68.7 Å². The molecule has 0 amide bonds. The molecule has 0 unspecified atom stereocenters. The standard InChI is InChI=1S/C22H27N3OS/c1-2-17-3-6-20(7-4-17)23-22(27)25-12-10-24(11-13-25)16-18-5-8-21-19(15-18)9-14-26-21/h3-8,15H,2,9-14,16H2,1H3,(H,23,27)/p+1. The molecule has 0 atom stereocenters. The molecule has 0 radical (unpaired) electrons. The second-order valence-corrected chi connectivity index (χ2v) is 7.82. The zero-order valence-corrected chi connectivity index (χ0v) is 16.8. The van der Waals surface area contributed by atoms with Gasteiger partial charge in [0.05, 0.1) is 32.8 Å². The highest BCUT2D eigenvalue weighted by Crippen LogP contribution is 2.25. The Morgan fingerprint density at radius 3 is 2.59 bits per heavy atom. The van der Waals surface area contributed by atoms with Crippen molar-refractivity contribution in [2.24, 2.45) is 0 Å². The van der Waals surface area contributed by atoms with E-state index >= 15 is 0 Å². The Bertz CT molecular complexity index is 798. The molecule has 2 aliphatic rings. The van der Waals surface area contributed by atoms with E-state index in [0.29, 0.717) is 0 Å². The summed E-state index contributed by atoms with van der Waals surface area (Å²) < 4.78 is 5.61. The monoisotopic (exact) mass is 382 g/mol. The number of piperazine rings is 1. The number of nitrogens with zero attached hydrogens (tertiary/aromatic N) is 1. The summed E-state index contributed by atoms with van der Waals surface area (Å²) in [5, 5.41) is 4.23. The van der Waals surface area contributed by atoms with Gasteiger partial charge in [-0.2, -0.15) is 0 Å². The van der Waals surface area contributed by atoms with E-state index < -0.39 is 0 Å². The summed E-state index contributed by atoms with van der Waals surface area (Å²) in [5.74, 6) is 1.07. The summed E-state index contributed by atoms with van der Waals surface area (Å²) in [6.07, 6.45) is 2.11. The molecule has 1 saturated heterocycles. The lowest BCUT2D eigenvalue weighted by molar-refractivity contribution is -0.917. The first-order valence-corrected chi connectivity index (χ1v) is 10.3. The van der Waals surface area contributed by atoms with Crippen LogP contribution in [-0.4, -0.2) is 42.8 Å². The number of anilines is 1. The third kappa shape index (κ3) is 4.42. The zero-order valence-electron chi connectivity index (χ0n) is 16.0. The lowest BCUT2D eigenvalue weighted by Gasteiger charge is -2.34. The Balaban J connectivity index is 1.27. The predicted octanol–water partition coefficient (Wildman–Crippen LogP) is 2.28. The van der Waals surface area contributed by atoms with E-state index in [4.69, 9.17) is 17.0 Å². The van der Waals surface area contributed by atoms with Crippen LogP contribution in [0.25, 0.3) is 0 Å². The van der Waals surface area contributed by atoms with Crippen LogP contribution in [0, 0.1) is 0 Å². The fourth-order valence-electron chi connectivity index (χ4n) is 3.87. The first kappa shape index (κ1) is 18.3. The van der Waals surface area contributed by atoms with Gasteiger partial charge in [0.25, 0.3) is 0 Å². The predicted molar refractivity (Wildman–Crippen MR) is 114 cm³/mol. The molecule has 4 rings (SSSR count). The first-order chi connectivity index (χ1) is 13.2. The minimum atomic E-state index is 0.829. The Morgan fingerprint density at radius 1 is 1.11 bits per heavy atom. The van der Waals surface area contributed by atoms with Gasteiger partial charge >= 0.3 is 0 Å².